The van der Waals surface area contributed by atoms with Gasteiger partial charge in [-0.25, -0.2) is 9.97 Å². The highest BCUT2D eigenvalue weighted by atomic mass is 35.5. The molecule has 0 spiro atoms. The summed E-state index contributed by atoms with van der Waals surface area (Å²) in [5, 5.41) is 1.08. The summed E-state index contributed by atoms with van der Waals surface area (Å²) < 4.78 is 0. The molecular weight excluding hydrogens is 200 g/mol. The molecule has 0 N–H and O–H groups in total. The number of halogens is 1. The summed E-state index contributed by atoms with van der Waals surface area (Å²) in [4.78, 5) is 19.0. The van der Waals surface area contributed by atoms with Crippen LogP contribution in [0.2, 0.25) is 5.15 Å². The second-order valence-corrected chi connectivity index (χ2v) is 3.31. The van der Waals surface area contributed by atoms with E-state index in [1.165, 1.54) is 13.3 Å². The van der Waals surface area contributed by atoms with Crippen molar-refractivity contribution in [2.45, 2.75) is 6.92 Å². The molecule has 3 nitrogen and oxygen atoms in total. The number of carbonyl (C=O) groups excluding carboxylic acids is 1. The summed E-state index contributed by atoms with van der Waals surface area (Å²) in [7, 11) is 0. The zero-order valence-corrected chi connectivity index (χ0v) is 8.25. The van der Waals surface area contributed by atoms with Gasteiger partial charge in [0.2, 0.25) is 0 Å². The predicted octanol–water partition coefficient (Wildman–Crippen LogP) is 2.49. The molecule has 2 rings (SSSR count). The second-order valence-electron chi connectivity index (χ2n) is 2.95. The normalized spacial score (nSPS) is 10.4. The van der Waals surface area contributed by atoms with Gasteiger partial charge in [0.05, 0.1) is 5.52 Å². The zero-order chi connectivity index (χ0) is 10.1. The van der Waals surface area contributed by atoms with E-state index in [4.69, 9.17) is 11.6 Å². The van der Waals surface area contributed by atoms with Crippen LogP contribution >= 0.6 is 11.6 Å². The van der Waals surface area contributed by atoms with Crippen molar-refractivity contribution >= 4 is 28.3 Å². The van der Waals surface area contributed by atoms with E-state index in [1.54, 1.807) is 18.2 Å². The van der Waals surface area contributed by atoms with Gasteiger partial charge in [-0.2, -0.15) is 0 Å². The summed E-state index contributed by atoms with van der Waals surface area (Å²) in [6.45, 7) is 1.51. The average molecular weight is 207 g/mol. The van der Waals surface area contributed by atoms with Crippen molar-refractivity contribution in [3.05, 3.63) is 35.2 Å². The van der Waals surface area contributed by atoms with Gasteiger partial charge in [0.15, 0.2) is 5.78 Å². The maximum Gasteiger partial charge on any atom is 0.159 e. The van der Waals surface area contributed by atoms with Crippen molar-refractivity contribution in [2.75, 3.05) is 0 Å². The van der Waals surface area contributed by atoms with Crippen molar-refractivity contribution in [1.82, 2.24) is 9.97 Å². The Morgan fingerprint density at radius 3 is 2.86 bits per heavy atom. The van der Waals surface area contributed by atoms with Crippen LogP contribution in [-0.4, -0.2) is 15.8 Å². The summed E-state index contributed by atoms with van der Waals surface area (Å²) in [5.41, 5.74) is 1.37. The first-order valence-electron chi connectivity index (χ1n) is 4.09. The van der Waals surface area contributed by atoms with Gasteiger partial charge >= 0.3 is 0 Å². The van der Waals surface area contributed by atoms with Crippen LogP contribution in [0.1, 0.15) is 17.3 Å². The molecule has 0 amide bonds. The summed E-state index contributed by atoms with van der Waals surface area (Å²) in [5.74, 6) is 0.00631. The summed E-state index contributed by atoms with van der Waals surface area (Å²) >= 11 is 5.87. The number of benzene rings is 1. The van der Waals surface area contributed by atoms with Gasteiger partial charge in [-0.15, -0.1) is 0 Å². The second kappa shape index (κ2) is 3.35. The summed E-state index contributed by atoms with van der Waals surface area (Å²) in [6.07, 6.45) is 1.40. The first-order chi connectivity index (χ1) is 6.68. The van der Waals surface area contributed by atoms with E-state index in [-0.39, 0.29) is 5.78 Å². The zero-order valence-electron chi connectivity index (χ0n) is 7.49. The third kappa shape index (κ3) is 1.46. The average Bonchev–Trinajstić information content (AvgIpc) is 2.18. The molecule has 2 aromatic rings. The van der Waals surface area contributed by atoms with E-state index >= 15 is 0 Å². The van der Waals surface area contributed by atoms with Crippen LogP contribution in [0, 0.1) is 0 Å². The summed E-state index contributed by atoms with van der Waals surface area (Å²) in [6, 6.07) is 5.20. The highest BCUT2D eigenvalue weighted by molar-refractivity contribution is 6.34. The first kappa shape index (κ1) is 9.09. The van der Waals surface area contributed by atoms with Gasteiger partial charge in [-0.3, -0.25) is 4.79 Å². The van der Waals surface area contributed by atoms with E-state index in [1.807, 2.05) is 0 Å². The first-order valence-corrected chi connectivity index (χ1v) is 4.47. The highest BCUT2D eigenvalue weighted by Crippen LogP contribution is 2.20. The maximum absolute atomic E-state index is 11.1. The standard InChI is InChI=1S/C10H7ClN2O/c1-6(14)7-2-3-9-8(4-7)10(11)13-5-12-9/h2-5H,1H3. The van der Waals surface area contributed by atoms with Crippen LogP contribution in [0.4, 0.5) is 0 Å². The lowest BCUT2D eigenvalue weighted by Gasteiger charge is -2.00. The molecule has 1 aromatic carbocycles. The molecule has 1 aromatic heterocycles. The molecule has 0 aliphatic rings. The Kier molecular flexibility index (Phi) is 2.17. The fraction of sp³-hybridized carbons (Fsp3) is 0.100. The Morgan fingerprint density at radius 1 is 1.36 bits per heavy atom. The maximum atomic E-state index is 11.1. The van der Waals surface area contributed by atoms with Crippen LogP contribution in [0.3, 0.4) is 0 Å². The largest absolute Gasteiger partial charge is 0.295 e. The SMILES string of the molecule is CC(=O)c1ccc2ncnc(Cl)c2c1. The third-order valence-electron chi connectivity index (χ3n) is 1.99. The van der Waals surface area contributed by atoms with Crippen molar-refractivity contribution in [2.24, 2.45) is 0 Å². The molecule has 0 aliphatic heterocycles. The molecule has 0 aliphatic carbocycles. The number of Topliss-reactive ketones (excluding diaryl/α,β-unsaturated/α-hetero) is 1. The van der Waals surface area contributed by atoms with Crippen molar-refractivity contribution in [3.8, 4) is 0 Å². The van der Waals surface area contributed by atoms with Crippen LogP contribution in [0.5, 0.6) is 0 Å². The molecule has 1 heterocycles. The molecule has 0 saturated carbocycles. The minimum Gasteiger partial charge on any atom is -0.295 e. The van der Waals surface area contributed by atoms with E-state index in [9.17, 15) is 4.79 Å². The Balaban J connectivity index is 2.76. The van der Waals surface area contributed by atoms with Gasteiger partial charge in [-0.05, 0) is 25.1 Å². The van der Waals surface area contributed by atoms with Crippen LogP contribution < -0.4 is 0 Å². The molecule has 0 atom stereocenters. The lowest BCUT2D eigenvalue weighted by molar-refractivity contribution is 0.101. The number of nitrogens with zero attached hydrogens (tertiary/aromatic N) is 2. The molecule has 0 saturated heterocycles. The van der Waals surface area contributed by atoms with Gasteiger partial charge in [0.1, 0.15) is 11.5 Å². The monoisotopic (exact) mass is 206 g/mol. The number of rotatable bonds is 1. The molecule has 0 bridgehead atoms. The van der Waals surface area contributed by atoms with Crippen molar-refractivity contribution in [1.29, 1.82) is 0 Å². The minimum absolute atomic E-state index is 0.00631. The molecule has 0 fully saturated rings. The number of hydrogen-bond acceptors (Lipinski definition) is 3. The molecule has 14 heavy (non-hydrogen) atoms. The molecule has 70 valence electrons. The van der Waals surface area contributed by atoms with Gasteiger partial charge < -0.3 is 0 Å². The Labute approximate surface area is 85.7 Å². The lowest BCUT2D eigenvalue weighted by Crippen LogP contribution is -1.92. The Hall–Kier alpha value is -1.48. The van der Waals surface area contributed by atoms with Crippen molar-refractivity contribution in [3.63, 3.8) is 0 Å². The van der Waals surface area contributed by atoms with Crippen molar-refractivity contribution < 1.29 is 4.79 Å². The number of aromatic nitrogens is 2. The number of hydrogen-bond donors (Lipinski definition) is 0. The number of carbonyl (C=O) groups is 1. The highest BCUT2D eigenvalue weighted by Gasteiger charge is 2.04. The molecule has 4 heteroatoms. The van der Waals surface area contributed by atoms with E-state index < -0.39 is 0 Å². The van der Waals surface area contributed by atoms with Crippen LogP contribution in [0.25, 0.3) is 10.9 Å². The van der Waals surface area contributed by atoms with Gasteiger partial charge in [0, 0.05) is 10.9 Å². The van der Waals surface area contributed by atoms with E-state index in [0.717, 1.165) is 5.52 Å². The van der Waals surface area contributed by atoms with Crippen LogP contribution in [0.15, 0.2) is 24.5 Å². The number of fused-ring (bicyclic) bond motifs is 1. The Bertz CT molecular complexity index is 510. The molecule has 0 unspecified atom stereocenters. The van der Waals surface area contributed by atoms with Crippen LogP contribution in [-0.2, 0) is 0 Å². The fourth-order valence-electron chi connectivity index (χ4n) is 1.24. The van der Waals surface area contributed by atoms with Gasteiger partial charge in [-0.1, -0.05) is 11.6 Å². The lowest BCUT2D eigenvalue weighted by atomic mass is 10.1. The minimum atomic E-state index is 0.00631. The van der Waals surface area contributed by atoms with E-state index in [2.05, 4.69) is 9.97 Å². The molecule has 0 radical (unpaired) electrons. The fourth-order valence-corrected chi connectivity index (χ4v) is 1.44. The topological polar surface area (TPSA) is 42.9 Å². The Morgan fingerprint density at radius 2 is 2.14 bits per heavy atom. The quantitative estimate of drug-likeness (QED) is 0.532. The smallest absolute Gasteiger partial charge is 0.159 e. The predicted molar refractivity (Wildman–Crippen MR) is 54.6 cm³/mol. The third-order valence-corrected chi connectivity index (χ3v) is 2.29. The van der Waals surface area contributed by atoms with E-state index in [0.29, 0.717) is 16.1 Å². The number of ketones is 1. The molecular formula is C10H7ClN2O. The van der Waals surface area contributed by atoms with Gasteiger partial charge in [0.25, 0.3) is 0 Å².